The number of rotatable bonds is 12. The molecule has 5 rings (SSSR count). The van der Waals surface area contributed by atoms with Crippen molar-refractivity contribution < 1.29 is 55.8 Å². The Morgan fingerprint density at radius 3 is 1.32 bits per heavy atom. The number of hydrogen-bond acceptors (Lipinski definition) is 8. The highest BCUT2D eigenvalue weighted by molar-refractivity contribution is 6.07. The molecule has 4 aromatic rings. The second kappa shape index (κ2) is 19.3. The van der Waals surface area contributed by atoms with Crippen LogP contribution >= 0.6 is 0 Å². The van der Waals surface area contributed by atoms with Crippen LogP contribution in [0.1, 0.15) is 134 Å². The average molecular weight is 873 g/mol. The number of halogens is 4. The van der Waals surface area contributed by atoms with E-state index in [2.05, 4.69) is 10.6 Å². The van der Waals surface area contributed by atoms with Crippen LogP contribution in [0.25, 0.3) is 6.08 Å². The first-order valence-electron chi connectivity index (χ1n) is 20.1. The molecular formula is C49H52F4N2O8. The Morgan fingerprint density at radius 2 is 0.937 bits per heavy atom. The molecule has 1 saturated carbocycles. The van der Waals surface area contributed by atoms with Crippen LogP contribution in [0.3, 0.4) is 0 Å². The third-order valence-corrected chi connectivity index (χ3v) is 9.46. The summed E-state index contributed by atoms with van der Waals surface area (Å²) in [7, 11) is 0. The number of amides is 2. The standard InChI is InChI=1S/C25H27F2NO4.C24H25F2NO4/c1-24(2,3)32-23(31)17-13-16(17)14-9-11-15(12-10-14)21(29)25(4,5)28-22(30)20-18(26)7-6-8-19(20)27;1-23(2,3)31-19(28)14-11-15-9-12-16(13-10-15)21(29)24(4,5)27-22(30)20-17(25)7-6-8-18(20)26/h6-12,16-17H,13H2,1-5H3,(H,28,30);6-14H,1-5H3,(H,27,30)/b;14-11+/t16?,17-;/m0./s1. The molecule has 2 atom stereocenters. The number of carbonyl (C=O) groups excluding carboxylic acids is 6. The summed E-state index contributed by atoms with van der Waals surface area (Å²) < 4.78 is 66.1. The molecule has 1 aliphatic carbocycles. The Morgan fingerprint density at radius 1 is 0.556 bits per heavy atom. The van der Waals surface area contributed by atoms with Gasteiger partial charge in [-0.15, -0.1) is 0 Å². The van der Waals surface area contributed by atoms with Gasteiger partial charge in [0.2, 0.25) is 0 Å². The van der Waals surface area contributed by atoms with Crippen LogP contribution in [-0.2, 0) is 19.1 Å². The van der Waals surface area contributed by atoms with Gasteiger partial charge >= 0.3 is 11.9 Å². The number of nitrogens with one attached hydrogen (secondary N) is 2. The first kappa shape index (κ1) is 49.2. The molecule has 334 valence electrons. The molecular weight excluding hydrogens is 821 g/mol. The van der Waals surface area contributed by atoms with Gasteiger partial charge in [-0.25, -0.2) is 22.4 Å². The quantitative estimate of drug-likeness (QED) is 0.0620. The van der Waals surface area contributed by atoms with Crippen molar-refractivity contribution in [2.45, 2.75) is 104 Å². The van der Waals surface area contributed by atoms with Gasteiger partial charge in [-0.1, -0.05) is 60.7 Å². The molecule has 2 amide bonds. The van der Waals surface area contributed by atoms with Crippen LogP contribution < -0.4 is 10.6 Å². The number of ether oxygens (including phenoxy) is 2. The van der Waals surface area contributed by atoms with E-state index in [-0.39, 0.29) is 23.4 Å². The van der Waals surface area contributed by atoms with Gasteiger partial charge < -0.3 is 20.1 Å². The first-order valence-corrected chi connectivity index (χ1v) is 20.1. The Balaban J connectivity index is 0.000000277. The fourth-order valence-electron chi connectivity index (χ4n) is 6.29. The van der Waals surface area contributed by atoms with Gasteiger partial charge in [0.05, 0.1) is 17.0 Å². The van der Waals surface area contributed by atoms with Crippen LogP contribution in [-0.4, -0.2) is 57.6 Å². The maximum absolute atomic E-state index is 13.9. The monoisotopic (exact) mass is 872 g/mol. The summed E-state index contributed by atoms with van der Waals surface area (Å²) in [5.41, 5.74) is -3.22. The lowest BCUT2D eigenvalue weighted by Gasteiger charge is -2.25. The van der Waals surface area contributed by atoms with E-state index >= 15 is 0 Å². The van der Waals surface area contributed by atoms with Crippen LogP contribution in [0.2, 0.25) is 0 Å². The molecule has 0 bridgehead atoms. The summed E-state index contributed by atoms with van der Waals surface area (Å²) in [6, 6.07) is 19.3. The lowest BCUT2D eigenvalue weighted by atomic mass is 9.91. The molecule has 4 aromatic carbocycles. The van der Waals surface area contributed by atoms with E-state index in [4.69, 9.17) is 9.47 Å². The molecule has 1 aliphatic rings. The summed E-state index contributed by atoms with van der Waals surface area (Å²) >= 11 is 0. The molecule has 0 aromatic heterocycles. The van der Waals surface area contributed by atoms with Gasteiger partial charge in [-0.05, 0) is 123 Å². The normalized spacial score (nSPS) is 15.1. The Bertz CT molecular complexity index is 2370. The zero-order valence-corrected chi connectivity index (χ0v) is 36.9. The topological polar surface area (TPSA) is 145 Å². The number of esters is 2. The minimum absolute atomic E-state index is 0.0470. The molecule has 0 heterocycles. The second-order valence-electron chi connectivity index (χ2n) is 18.1. The summed E-state index contributed by atoms with van der Waals surface area (Å²) in [6.45, 7) is 16.6. The van der Waals surface area contributed by atoms with Crippen LogP contribution in [0, 0.1) is 29.2 Å². The van der Waals surface area contributed by atoms with E-state index in [1.54, 1.807) is 63.2 Å². The number of ketones is 2. The van der Waals surface area contributed by atoms with E-state index in [9.17, 15) is 46.3 Å². The third-order valence-electron chi connectivity index (χ3n) is 9.46. The minimum Gasteiger partial charge on any atom is -0.460 e. The van der Waals surface area contributed by atoms with Crippen molar-refractivity contribution in [3.63, 3.8) is 0 Å². The highest BCUT2D eigenvalue weighted by Gasteiger charge is 2.46. The number of carbonyl (C=O) groups is 6. The zero-order chi connectivity index (χ0) is 47.2. The first-order chi connectivity index (χ1) is 29.1. The molecule has 0 saturated heterocycles. The van der Waals surface area contributed by atoms with Gasteiger partial charge in [0.15, 0.2) is 11.6 Å². The second-order valence-corrected chi connectivity index (χ2v) is 18.1. The van der Waals surface area contributed by atoms with Gasteiger partial charge in [0.25, 0.3) is 11.8 Å². The molecule has 0 radical (unpaired) electrons. The van der Waals surface area contributed by atoms with Crippen molar-refractivity contribution in [1.82, 2.24) is 10.6 Å². The predicted molar refractivity (Wildman–Crippen MR) is 229 cm³/mol. The molecule has 0 aliphatic heterocycles. The van der Waals surface area contributed by atoms with Crippen LogP contribution in [0.4, 0.5) is 17.6 Å². The van der Waals surface area contributed by atoms with E-state index in [1.807, 2.05) is 20.8 Å². The molecule has 14 heteroatoms. The summed E-state index contributed by atoms with van der Waals surface area (Å²) in [5.74, 6) is -7.77. The summed E-state index contributed by atoms with van der Waals surface area (Å²) in [4.78, 5) is 74.5. The maximum atomic E-state index is 13.9. The number of Topliss-reactive ketones (excluding diaryl/α,β-unsaturated/α-hetero) is 2. The smallest absolute Gasteiger partial charge is 0.331 e. The Kier molecular flexibility index (Phi) is 15.1. The zero-order valence-electron chi connectivity index (χ0n) is 36.9. The van der Waals surface area contributed by atoms with Crippen LogP contribution in [0.15, 0.2) is 91.0 Å². The van der Waals surface area contributed by atoms with Gasteiger partial charge in [0, 0.05) is 17.2 Å². The highest BCUT2D eigenvalue weighted by Crippen LogP contribution is 2.48. The van der Waals surface area contributed by atoms with Crippen molar-refractivity contribution in [1.29, 1.82) is 0 Å². The fourth-order valence-corrected chi connectivity index (χ4v) is 6.29. The highest BCUT2D eigenvalue weighted by atomic mass is 19.1. The van der Waals surface area contributed by atoms with Crippen molar-refractivity contribution in [2.24, 2.45) is 5.92 Å². The lowest BCUT2D eigenvalue weighted by molar-refractivity contribution is -0.156. The molecule has 0 spiro atoms. The van der Waals surface area contributed by atoms with Crippen molar-refractivity contribution in [2.75, 3.05) is 0 Å². The molecule has 1 unspecified atom stereocenters. The predicted octanol–water partition coefficient (Wildman–Crippen LogP) is 9.51. The molecule has 63 heavy (non-hydrogen) atoms. The Hall–Kier alpha value is -6.44. The molecule has 10 nitrogen and oxygen atoms in total. The van der Waals surface area contributed by atoms with Crippen LogP contribution in [0.5, 0.6) is 0 Å². The van der Waals surface area contributed by atoms with Crippen molar-refractivity contribution >= 4 is 41.4 Å². The van der Waals surface area contributed by atoms with Gasteiger partial charge in [0.1, 0.15) is 45.6 Å². The number of hydrogen-bond donors (Lipinski definition) is 2. The van der Waals surface area contributed by atoms with E-state index in [1.165, 1.54) is 45.9 Å². The van der Waals surface area contributed by atoms with Crippen molar-refractivity contribution in [3.05, 3.63) is 148 Å². The van der Waals surface area contributed by atoms with Gasteiger partial charge in [-0.2, -0.15) is 0 Å². The molecule has 1 fully saturated rings. The summed E-state index contributed by atoms with van der Waals surface area (Å²) in [6.07, 6.45) is 3.53. The fraction of sp³-hybridized carbons (Fsp3) is 0.347. The third kappa shape index (κ3) is 13.5. The van der Waals surface area contributed by atoms with E-state index < -0.39 is 86.0 Å². The SMILES string of the molecule is CC(C)(C)OC(=O)/C=C/c1ccc(C(=O)C(C)(C)NC(=O)c2c(F)cccc2F)cc1.CC(C)(C)OC(=O)[C@H]1CC1c1ccc(C(=O)C(C)(C)NC(=O)c2c(F)cccc2F)cc1. The van der Waals surface area contributed by atoms with Gasteiger partial charge in [-0.3, -0.25) is 24.0 Å². The minimum atomic E-state index is -1.42. The van der Waals surface area contributed by atoms with E-state index in [0.29, 0.717) is 17.5 Å². The largest absolute Gasteiger partial charge is 0.460 e. The maximum Gasteiger partial charge on any atom is 0.331 e. The number of benzene rings is 4. The summed E-state index contributed by atoms with van der Waals surface area (Å²) in [5, 5.41) is 4.80. The van der Waals surface area contributed by atoms with E-state index in [0.717, 1.165) is 42.0 Å². The molecule has 2 N–H and O–H groups in total. The average Bonchev–Trinajstić information content (AvgIpc) is 3.97. The lowest BCUT2D eigenvalue weighted by Crippen LogP contribution is -2.50. The Labute approximate surface area is 364 Å². The van der Waals surface area contributed by atoms with Crippen molar-refractivity contribution in [3.8, 4) is 0 Å².